The Bertz CT molecular complexity index is 210. The van der Waals surface area contributed by atoms with E-state index in [-0.39, 0.29) is 5.97 Å². The fourth-order valence-corrected chi connectivity index (χ4v) is 1.36. The highest BCUT2D eigenvalue weighted by atomic mass is 16.6. The number of hydrogen-bond donors (Lipinski definition) is 0. The molecule has 0 aliphatic heterocycles. The second-order valence-electron chi connectivity index (χ2n) is 3.94. The molecule has 0 bridgehead atoms. The number of carbonyl (C=O) groups is 1. The van der Waals surface area contributed by atoms with Crippen molar-refractivity contribution in [2.45, 2.75) is 26.7 Å². The summed E-state index contributed by atoms with van der Waals surface area (Å²) in [4.78, 5) is 11.0. The number of esters is 1. The van der Waals surface area contributed by atoms with Crippen LogP contribution < -0.4 is 0 Å². The first-order valence-electron chi connectivity index (χ1n) is 7.27. The third kappa shape index (κ3) is 15.4. The molecule has 0 atom stereocenters. The predicted octanol–water partition coefficient (Wildman–Crippen LogP) is 1.42. The van der Waals surface area contributed by atoms with Gasteiger partial charge in [0.1, 0.15) is 0 Å². The molecule has 0 aromatic heterocycles. The van der Waals surface area contributed by atoms with Gasteiger partial charge < -0.3 is 23.7 Å². The van der Waals surface area contributed by atoms with Gasteiger partial charge in [-0.05, 0) is 20.3 Å². The second-order valence-corrected chi connectivity index (χ2v) is 3.94. The maximum Gasteiger partial charge on any atom is 0.305 e. The zero-order valence-corrected chi connectivity index (χ0v) is 12.7. The first kappa shape index (κ1) is 19.3. The molecule has 0 aromatic rings. The molecule has 0 radical (unpaired) electrons. The van der Waals surface area contributed by atoms with Crippen molar-refractivity contribution in [2.75, 3.05) is 59.5 Å². The Morgan fingerprint density at radius 2 is 1.20 bits per heavy atom. The summed E-state index contributed by atoms with van der Waals surface area (Å²) >= 11 is 0. The van der Waals surface area contributed by atoms with E-state index in [2.05, 4.69) is 0 Å². The molecule has 0 saturated heterocycles. The lowest BCUT2D eigenvalue weighted by atomic mass is 10.3. The Morgan fingerprint density at radius 1 is 0.700 bits per heavy atom. The van der Waals surface area contributed by atoms with Crippen molar-refractivity contribution in [3.8, 4) is 0 Å². The Kier molecular flexibility index (Phi) is 15.8. The van der Waals surface area contributed by atoms with Crippen LogP contribution in [0.3, 0.4) is 0 Å². The number of carbonyl (C=O) groups excluding carboxylic acids is 1. The minimum absolute atomic E-state index is 0.170. The zero-order chi connectivity index (χ0) is 14.9. The van der Waals surface area contributed by atoms with Gasteiger partial charge in [0, 0.05) is 19.6 Å². The van der Waals surface area contributed by atoms with Gasteiger partial charge in [-0.25, -0.2) is 0 Å². The van der Waals surface area contributed by atoms with E-state index in [1.165, 1.54) is 0 Å². The molecule has 0 spiro atoms. The Hall–Kier alpha value is -0.690. The van der Waals surface area contributed by atoms with Gasteiger partial charge in [-0.15, -0.1) is 0 Å². The predicted molar refractivity (Wildman–Crippen MR) is 74.8 cm³/mol. The topological polar surface area (TPSA) is 63.2 Å². The van der Waals surface area contributed by atoms with E-state index in [0.29, 0.717) is 72.3 Å². The highest BCUT2D eigenvalue weighted by molar-refractivity contribution is 5.69. The molecule has 0 aliphatic rings. The van der Waals surface area contributed by atoms with E-state index in [1.807, 2.05) is 6.92 Å². The van der Waals surface area contributed by atoms with E-state index in [9.17, 15) is 4.79 Å². The summed E-state index contributed by atoms with van der Waals surface area (Å²) in [5.41, 5.74) is 0. The van der Waals surface area contributed by atoms with E-state index in [1.54, 1.807) is 6.92 Å². The van der Waals surface area contributed by atoms with Crippen LogP contribution in [0.25, 0.3) is 0 Å². The average molecular weight is 292 g/mol. The maximum absolute atomic E-state index is 11.0. The first-order chi connectivity index (χ1) is 9.81. The summed E-state index contributed by atoms with van der Waals surface area (Å²) in [5.74, 6) is -0.170. The third-order valence-electron chi connectivity index (χ3n) is 2.30. The monoisotopic (exact) mass is 292 g/mol. The lowest BCUT2D eigenvalue weighted by Crippen LogP contribution is -2.12. The quantitative estimate of drug-likeness (QED) is 0.336. The summed E-state index contributed by atoms with van der Waals surface area (Å²) in [7, 11) is 0. The SMILES string of the molecule is CCOCCOCCOCCOCCCC(=O)OCC. The molecule has 6 nitrogen and oxygen atoms in total. The van der Waals surface area contributed by atoms with Crippen molar-refractivity contribution in [1.82, 2.24) is 0 Å². The van der Waals surface area contributed by atoms with E-state index >= 15 is 0 Å². The molecule has 0 aromatic carbocycles. The third-order valence-corrected chi connectivity index (χ3v) is 2.30. The van der Waals surface area contributed by atoms with E-state index in [0.717, 1.165) is 0 Å². The van der Waals surface area contributed by atoms with Crippen LogP contribution in [0.4, 0.5) is 0 Å². The lowest BCUT2D eigenvalue weighted by Gasteiger charge is -2.07. The highest BCUT2D eigenvalue weighted by Gasteiger charge is 2.00. The van der Waals surface area contributed by atoms with Gasteiger partial charge >= 0.3 is 5.97 Å². The highest BCUT2D eigenvalue weighted by Crippen LogP contribution is 1.93. The van der Waals surface area contributed by atoms with Crippen LogP contribution in [0, 0.1) is 0 Å². The zero-order valence-electron chi connectivity index (χ0n) is 12.7. The van der Waals surface area contributed by atoms with Crippen LogP contribution in [-0.2, 0) is 28.5 Å². The summed E-state index contributed by atoms with van der Waals surface area (Å²) in [6.07, 6.45) is 1.09. The molecular formula is C14H28O6. The van der Waals surface area contributed by atoms with Crippen molar-refractivity contribution < 1.29 is 28.5 Å². The van der Waals surface area contributed by atoms with Gasteiger partial charge in [-0.3, -0.25) is 4.79 Å². The Labute approximate surface area is 121 Å². The molecule has 0 aliphatic carbocycles. The standard InChI is InChI=1S/C14H28O6/c1-3-16-8-9-18-12-13-19-11-10-17-7-5-6-14(15)20-4-2/h3-13H2,1-2H3. The molecule has 0 saturated carbocycles. The van der Waals surface area contributed by atoms with Gasteiger partial charge in [-0.1, -0.05) is 0 Å². The van der Waals surface area contributed by atoms with Gasteiger partial charge in [0.15, 0.2) is 0 Å². The van der Waals surface area contributed by atoms with Crippen LogP contribution >= 0.6 is 0 Å². The fraction of sp³-hybridized carbons (Fsp3) is 0.929. The van der Waals surface area contributed by atoms with Crippen molar-refractivity contribution >= 4 is 5.97 Å². The molecule has 120 valence electrons. The average Bonchev–Trinajstić information content (AvgIpc) is 2.44. The van der Waals surface area contributed by atoms with Crippen molar-refractivity contribution in [3.05, 3.63) is 0 Å². The molecule has 0 heterocycles. The summed E-state index contributed by atoms with van der Waals surface area (Å²) in [6, 6.07) is 0. The molecule has 0 rings (SSSR count). The molecule has 0 amide bonds. The maximum atomic E-state index is 11.0. The molecule has 0 unspecified atom stereocenters. The Morgan fingerprint density at radius 3 is 1.70 bits per heavy atom. The number of hydrogen-bond acceptors (Lipinski definition) is 6. The molecule has 6 heteroatoms. The fourth-order valence-electron chi connectivity index (χ4n) is 1.36. The van der Waals surface area contributed by atoms with E-state index in [4.69, 9.17) is 23.7 Å². The minimum Gasteiger partial charge on any atom is -0.466 e. The first-order valence-corrected chi connectivity index (χ1v) is 7.27. The van der Waals surface area contributed by atoms with E-state index < -0.39 is 0 Å². The largest absolute Gasteiger partial charge is 0.466 e. The summed E-state index contributed by atoms with van der Waals surface area (Å²) < 4.78 is 25.9. The van der Waals surface area contributed by atoms with Gasteiger partial charge in [0.2, 0.25) is 0 Å². The molecule has 0 N–H and O–H groups in total. The number of ether oxygens (including phenoxy) is 5. The van der Waals surface area contributed by atoms with Crippen LogP contribution in [0.5, 0.6) is 0 Å². The van der Waals surface area contributed by atoms with Crippen molar-refractivity contribution in [1.29, 1.82) is 0 Å². The second kappa shape index (κ2) is 16.4. The summed E-state index contributed by atoms with van der Waals surface area (Å²) in [6.45, 7) is 8.86. The normalized spacial score (nSPS) is 10.7. The Balaban J connectivity index is 3.01. The van der Waals surface area contributed by atoms with Crippen molar-refractivity contribution in [2.24, 2.45) is 0 Å². The van der Waals surface area contributed by atoms with Gasteiger partial charge in [0.25, 0.3) is 0 Å². The number of rotatable bonds is 15. The molecular weight excluding hydrogens is 264 g/mol. The van der Waals surface area contributed by atoms with Crippen LogP contribution in [-0.4, -0.2) is 65.4 Å². The molecule has 0 fully saturated rings. The van der Waals surface area contributed by atoms with Crippen LogP contribution in [0.15, 0.2) is 0 Å². The molecule has 20 heavy (non-hydrogen) atoms. The van der Waals surface area contributed by atoms with Gasteiger partial charge in [0.05, 0.1) is 46.2 Å². The van der Waals surface area contributed by atoms with Crippen LogP contribution in [0.2, 0.25) is 0 Å². The smallest absolute Gasteiger partial charge is 0.305 e. The summed E-state index contributed by atoms with van der Waals surface area (Å²) in [5, 5.41) is 0. The van der Waals surface area contributed by atoms with Crippen molar-refractivity contribution in [3.63, 3.8) is 0 Å². The van der Waals surface area contributed by atoms with Gasteiger partial charge in [-0.2, -0.15) is 0 Å². The minimum atomic E-state index is -0.170. The van der Waals surface area contributed by atoms with Crippen LogP contribution in [0.1, 0.15) is 26.7 Å². The lowest BCUT2D eigenvalue weighted by molar-refractivity contribution is -0.143.